The Balaban J connectivity index is 1.86. The van der Waals surface area contributed by atoms with Gasteiger partial charge in [0.15, 0.2) is 5.65 Å². The van der Waals surface area contributed by atoms with E-state index in [2.05, 4.69) is 41.3 Å². The van der Waals surface area contributed by atoms with Gasteiger partial charge in [-0.3, -0.25) is 14.2 Å². The van der Waals surface area contributed by atoms with Gasteiger partial charge < -0.3 is 10.6 Å². The van der Waals surface area contributed by atoms with Crippen LogP contribution in [0.1, 0.15) is 12.0 Å². The van der Waals surface area contributed by atoms with Gasteiger partial charge in [0.05, 0.1) is 6.20 Å². The maximum absolute atomic E-state index is 11.8. The number of aromatic nitrogens is 3. The lowest BCUT2D eigenvalue weighted by atomic mass is 10.1. The van der Waals surface area contributed by atoms with Crippen LogP contribution in [0.2, 0.25) is 0 Å². The van der Waals surface area contributed by atoms with Crippen LogP contribution in [0.3, 0.4) is 0 Å². The van der Waals surface area contributed by atoms with Crippen LogP contribution in [0.15, 0.2) is 55.5 Å². The topological polar surface area (TPSA) is 71.3 Å². The SMILES string of the molecule is C=CCNC(=O)CCNc1c(-c2cccc(C)c2)nc2cnccn12. The van der Waals surface area contributed by atoms with Crippen molar-refractivity contribution in [3.63, 3.8) is 0 Å². The van der Waals surface area contributed by atoms with Gasteiger partial charge in [-0.05, 0) is 13.0 Å². The minimum absolute atomic E-state index is 0.0139. The number of anilines is 1. The van der Waals surface area contributed by atoms with Gasteiger partial charge in [0, 0.05) is 37.5 Å². The second-order valence-corrected chi connectivity index (χ2v) is 5.75. The van der Waals surface area contributed by atoms with Gasteiger partial charge in [-0.1, -0.05) is 29.8 Å². The fraction of sp³-hybridized carbons (Fsp3) is 0.211. The molecule has 2 aromatic heterocycles. The van der Waals surface area contributed by atoms with E-state index in [1.165, 1.54) is 5.56 Å². The van der Waals surface area contributed by atoms with Crippen LogP contribution in [0.25, 0.3) is 16.9 Å². The standard InChI is InChI=1S/C19H21N5O/c1-3-8-21-17(25)7-9-22-19-18(15-6-4-5-14(2)12-15)23-16-13-20-10-11-24(16)19/h3-6,10-13,22H,1,7-9H2,2H3,(H,21,25). The van der Waals surface area contributed by atoms with E-state index < -0.39 is 0 Å². The maximum atomic E-state index is 11.8. The monoisotopic (exact) mass is 335 g/mol. The molecule has 0 aliphatic carbocycles. The van der Waals surface area contributed by atoms with Crippen molar-refractivity contribution in [1.82, 2.24) is 19.7 Å². The number of nitrogens with one attached hydrogen (secondary N) is 2. The molecule has 2 N–H and O–H groups in total. The van der Waals surface area contributed by atoms with E-state index >= 15 is 0 Å². The lowest BCUT2D eigenvalue weighted by Gasteiger charge is -2.09. The Morgan fingerprint density at radius 2 is 2.28 bits per heavy atom. The highest BCUT2D eigenvalue weighted by Gasteiger charge is 2.14. The highest BCUT2D eigenvalue weighted by Crippen LogP contribution is 2.28. The number of amides is 1. The second kappa shape index (κ2) is 7.61. The van der Waals surface area contributed by atoms with E-state index in [1.54, 1.807) is 18.5 Å². The molecule has 0 fully saturated rings. The molecule has 1 aromatic carbocycles. The summed E-state index contributed by atoms with van der Waals surface area (Å²) < 4.78 is 1.95. The zero-order valence-electron chi connectivity index (χ0n) is 14.2. The highest BCUT2D eigenvalue weighted by molar-refractivity contribution is 5.78. The summed E-state index contributed by atoms with van der Waals surface area (Å²) >= 11 is 0. The number of imidazole rings is 1. The summed E-state index contributed by atoms with van der Waals surface area (Å²) in [7, 11) is 0. The second-order valence-electron chi connectivity index (χ2n) is 5.75. The quantitative estimate of drug-likeness (QED) is 0.651. The van der Waals surface area contributed by atoms with Crippen molar-refractivity contribution < 1.29 is 4.79 Å². The number of carbonyl (C=O) groups is 1. The lowest BCUT2D eigenvalue weighted by molar-refractivity contribution is -0.120. The first-order chi connectivity index (χ1) is 12.2. The van der Waals surface area contributed by atoms with Crippen LogP contribution in [0.5, 0.6) is 0 Å². The Kier molecular flexibility index (Phi) is 5.09. The molecule has 0 spiro atoms. The van der Waals surface area contributed by atoms with Crippen LogP contribution < -0.4 is 10.6 Å². The Morgan fingerprint density at radius 1 is 1.40 bits per heavy atom. The van der Waals surface area contributed by atoms with Gasteiger partial charge in [0.1, 0.15) is 11.5 Å². The third-order valence-electron chi connectivity index (χ3n) is 3.81. The van der Waals surface area contributed by atoms with Crippen LogP contribution >= 0.6 is 0 Å². The maximum Gasteiger partial charge on any atom is 0.222 e. The third-order valence-corrected chi connectivity index (χ3v) is 3.81. The molecule has 1 amide bonds. The smallest absolute Gasteiger partial charge is 0.222 e. The van der Waals surface area contributed by atoms with E-state index in [9.17, 15) is 4.79 Å². The summed E-state index contributed by atoms with van der Waals surface area (Å²) in [5.74, 6) is 0.847. The molecular formula is C19H21N5O. The number of fused-ring (bicyclic) bond motifs is 1. The Morgan fingerprint density at radius 3 is 3.08 bits per heavy atom. The predicted molar refractivity (Wildman–Crippen MR) is 99.5 cm³/mol. The molecule has 6 heteroatoms. The number of rotatable bonds is 7. The van der Waals surface area contributed by atoms with Crippen LogP contribution in [-0.4, -0.2) is 33.4 Å². The van der Waals surface area contributed by atoms with Gasteiger partial charge in [0.25, 0.3) is 0 Å². The molecule has 0 unspecified atom stereocenters. The Hall–Kier alpha value is -3.15. The molecule has 128 valence electrons. The number of carbonyl (C=O) groups excluding carboxylic acids is 1. The van der Waals surface area contributed by atoms with Crippen molar-refractivity contribution in [3.8, 4) is 11.3 Å². The summed E-state index contributed by atoms with van der Waals surface area (Å²) in [6.45, 7) is 6.64. The molecule has 2 heterocycles. The first-order valence-corrected chi connectivity index (χ1v) is 8.19. The number of aryl methyl sites for hydroxylation is 1. The number of hydrogen-bond donors (Lipinski definition) is 2. The normalized spacial score (nSPS) is 10.6. The molecule has 3 rings (SSSR count). The molecule has 3 aromatic rings. The molecule has 25 heavy (non-hydrogen) atoms. The van der Waals surface area contributed by atoms with E-state index in [0.29, 0.717) is 19.5 Å². The molecule has 0 radical (unpaired) electrons. The molecule has 0 aliphatic rings. The number of nitrogens with zero attached hydrogens (tertiary/aromatic N) is 3. The minimum Gasteiger partial charge on any atom is -0.369 e. The van der Waals surface area contributed by atoms with Crippen LogP contribution in [0.4, 0.5) is 5.82 Å². The summed E-state index contributed by atoms with van der Waals surface area (Å²) in [5.41, 5.74) is 3.81. The number of benzene rings is 1. The van der Waals surface area contributed by atoms with Gasteiger partial charge in [-0.15, -0.1) is 6.58 Å². The van der Waals surface area contributed by atoms with Crippen molar-refractivity contribution in [2.24, 2.45) is 0 Å². The minimum atomic E-state index is -0.0139. The fourth-order valence-corrected chi connectivity index (χ4v) is 2.64. The van der Waals surface area contributed by atoms with Crippen molar-refractivity contribution in [3.05, 3.63) is 61.1 Å². The fourth-order valence-electron chi connectivity index (χ4n) is 2.64. The van der Waals surface area contributed by atoms with Gasteiger partial charge in [0.2, 0.25) is 5.91 Å². The molecule has 6 nitrogen and oxygen atoms in total. The zero-order valence-corrected chi connectivity index (χ0v) is 14.2. The Bertz CT molecular complexity index is 900. The molecule has 0 bridgehead atoms. The molecule has 0 aliphatic heterocycles. The van der Waals surface area contributed by atoms with E-state index in [0.717, 1.165) is 22.7 Å². The van der Waals surface area contributed by atoms with Crippen LogP contribution in [-0.2, 0) is 4.79 Å². The summed E-state index contributed by atoms with van der Waals surface area (Å²) in [6.07, 6.45) is 7.34. The molecule has 0 saturated carbocycles. The average molecular weight is 335 g/mol. The van der Waals surface area contributed by atoms with Crippen molar-refractivity contribution in [2.45, 2.75) is 13.3 Å². The van der Waals surface area contributed by atoms with Crippen molar-refractivity contribution >= 4 is 17.4 Å². The zero-order chi connectivity index (χ0) is 17.6. The van der Waals surface area contributed by atoms with Gasteiger partial charge >= 0.3 is 0 Å². The summed E-state index contributed by atoms with van der Waals surface area (Å²) in [6, 6.07) is 8.19. The van der Waals surface area contributed by atoms with E-state index in [4.69, 9.17) is 4.98 Å². The third kappa shape index (κ3) is 3.85. The lowest BCUT2D eigenvalue weighted by Crippen LogP contribution is -2.25. The largest absolute Gasteiger partial charge is 0.369 e. The Labute approximate surface area is 146 Å². The molecule has 0 atom stereocenters. The van der Waals surface area contributed by atoms with E-state index in [1.807, 2.05) is 22.7 Å². The van der Waals surface area contributed by atoms with Gasteiger partial charge in [-0.25, -0.2) is 4.98 Å². The first-order valence-electron chi connectivity index (χ1n) is 8.19. The predicted octanol–water partition coefficient (Wildman–Crippen LogP) is 2.81. The molecule has 0 saturated heterocycles. The van der Waals surface area contributed by atoms with Gasteiger partial charge in [-0.2, -0.15) is 0 Å². The summed E-state index contributed by atoms with van der Waals surface area (Å²) in [4.78, 5) is 20.6. The van der Waals surface area contributed by atoms with Crippen LogP contribution in [0, 0.1) is 6.92 Å². The van der Waals surface area contributed by atoms with E-state index in [-0.39, 0.29) is 5.91 Å². The highest BCUT2D eigenvalue weighted by atomic mass is 16.1. The average Bonchev–Trinajstić information content (AvgIpc) is 2.99. The summed E-state index contributed by atoms with van der Waals surface area (Å²) in [5, 5.41) is 6.12. The van der Waals surface area contributed by atoms with Crippen molar-refractivity contribution in [1.29, 1.82) is 0 Å². The first kappa shape index (κ1) is 16.7. The number of hydrogen-bond acceptors (Lipinski definition) is 4. The van der Waals surface area contributed by atoms with Crippen molar-refractivity contribution in [2.75, 3.05) is 18.4 Å². The molecular weight excluding hydrogens is 314 g/mol.